The number of ether oxygens (including phenoxy) is 2. The van der Waals surface area contributed by atoms with Crippen molar-refractivity contribution in [2.75, 3.05) is 26.2 Å². The third-order valence-corrected chi connectivity index (χ3v) is 7.38. The molecule has 1 saturated carbocycles. The highest BCUT2D eigenvalue weighted by Gasteiger charge is 2.46. The second kappa shape index (κ2) is 9.77. The number of rotatable bonds is 4. The van der Waals surface area contributed by atoms with Crippen molar-refractivity contribution in [1.82, 2.24) is 25.2 Å². The van der Waals surface area contributed by atoms with Crippen molar-refractivity contribution in [3.05, 3.63) is 53.5 Å². The molecule has 1 aromatic carbocycles. The number of hydrogen-bond donors (Lipinski definition) is 2. The largest absolute Gasteiger partial charge is 0.573 e. The number of alkyl halides is 3. The van der Waals surface area contributed by atoms with Crippen molar-refractivity contribution in [3.63, 3.8) is 0 Å². The number of fused-ring (bicyclic) bond motifs is 1. The normalized spacial score (nSPS) is 21.6. The first-order valence-corrected chi connectivity index (χ1v) is 12.1. The van der Waals surface area contributed by atoms with E-state index in [1.54, 1.807) is 11.1 Å². The molecule has 3 aliphatic rings. The Morgan fingerprint density at radius 3 is 2.49 bits per heavy atom. The molecule has 3 fully saturated rings. The molecule has 1 unspecified atom stereocenters. The second-order valence-electron chi connectivity index (χ2n) is 9.82. The number of imidazole rings is 1. The Balaban J connectivity index is 0.00000280. The summed E-state index contributed by atoms with van der Waals surface area (Å²) in [6.07, 6.45) is 0.710. The third kappa shape index (κ3) is 5.39. The van der Waals surface area contributed by atoms with E-state index in [4.69, 9.17) is 9.72 Å². The molecule has 1 aliphatic carbocycles. The van der Waals surface area contributed by atoms with Crippen molar-refractivity contribution in [3.8, 4) is 5.75 Å². The van der Waals surface area contributed by atoms with E-state index in [-0.39, 0.29) is 41.6 Å². The second-order valence-corrected chi connectivity index (χ2v) is 9.82. The lowest BCUT2D eigenvalue weighted by Gasteiger charge is -2.32. The standard InChI is InChI=1S/C25H26F3N5O3.ClH/c26-25(27,28)36-17-3-1-16(2-4-17)23(34)33-11-6-15(7-12-33)18-5-10-29-22-20(18)31-21(32-22)19-13-30-24(8-9-24)14-35-19;/h1-5,10,15,19,30H,6-9,11-14H2,(H,29,31,32);1H. The van der Waals surface area contributed by atoms with Crippen LogP contribution in [-0.4, -0.2) is 63.9 Å². The Hall–Kier alpha value is -2.89. The van der Waals surface area contributed by atoms with Crippen LogP contribution < -0.4 is 10.1 Å². The molecular formula is C25H27ClF3N5O3. The van der Waals surface area contributed by atoms with Crippen molar-refractivity contribution in [1.29, 1.82) is 0 Å². The molecule has 37 heavy (non-hydrogen) atoms. The average Bonchev–Trinajstić information content (AvgIpc) is 3.47. The van der Waals surface area contributed by atoms with E-state index < -0.39 is 6.36 Å². The van der Waals surface area contributed by atoms with Crippen LogP contribution in [0.15, 0.2) is 36.5 Å². The summed E-state index contributed by atoms with van der Waals surface area (Å²) in [5.41, 5.74) is 3.21. The number of nitrogens with one attached hydrogen (secondary N) is 2. The van der Waals surface area contributed by atoms with Crippen molar-refractivity contribution >= 4 is 29.5 Å². The SMILES string of the molecule is Cl.O=C(c1ccc(OC(F)(F)F)cc1)N1CCC(c2ccnc3nc(C4CNC5(CC5)CO4)[nH]c23)CC1. The number of H-pyrrole nitrogens is 1. The number of likely N-dealkylation sites (tertiary alicyclic amines) is 1. The van der Waals surface area contributed by atoms with Gasteiger partial charge in [-0.2, -0.15) is 0 Å². The van der Waals surface area contributed by atoms with Crippen LogP contribution in [0.4, 0.5) is 13.2 Å². The zero-order valence-corrected chi connectivity index (χ0v) is 20.7. The van der Waals surface area contributed by atoms with Crippen LogP contribution in [0, 0.1) is 0 Å². The summed E-state index contributed by atoms with van der Waals surface area (Å²) in [4.78, 5) is 27.2. The molecular weight excluding hydrogens is 511 g/mol. The van der Waals surface area contributed by atoms with Gasteiger partial charge in [-0.15, -0.1) is 25.6 Å². The van der Waals surface area contributed by atoms with Crippen molar-refractivity contribution in [2.24, 2.45) is 0 Å². The first-order chi connectivity index (χ1) is 17.3. The monoisotopic (exact) mass is 537 g/mol. The number of hydrogen-bond acceptors (Lipinski definition) is 6. The summed E-state index contributed by atoms with van der Waals surface area (Å²) in [5, 5.41) is 3.58. The number of halogens is 4. The summed E-state index contributed by atoms with van der Waals surface area (Å²) < 4.78 is 47.1. The fourth-order valence-corrected chi connectivity index (χ4v) is 5.14. The lowest BCUT2D eigenvalue weighted by molar-refractivity contribution is -0.274. The summed E-state index contributed by atoms with van der Waals surface area (Å²) in [6.45, 7) is 2.51. The first-order valence-electron chi connectivity index (χ1n) is 12.1. The number of carbonyl (C=O) groups is 1. The first kappa shape index (κ1) is 25.7. The Bertz CT molecular complexity index is 1260. The molecule has 6 rings (SSSR count). The van der Waals surface area contributed by atoms with Crippen LogP contribution in [-0.2, 0) is 4.74 Å². The van der Waals surface area contributed by atoms with Crippen LogP contribution in [0.25, 0.3) is 11.2 Å². The van der Waals surface area contributed by atoms with Gasteiger partial charge in [-0.05, 0) is 67.5 Å². The van der Waals surface area contributed by atoms with Gasteiger partial charge in [0.05, 0.1) is 12.1 Å². The average molecular weight is 538 g/mol. The number of carbonyl (C=O) groups excluding carboxylic acids is 1. The highest BCUT2D eigenvalue weighted by atomic mass is 35.5. The molecule has 1 spiro atoms. The highest BCUT2D eigenvalue weighted by Crippen LogP contribution is 2.40. The molecule has 8 nitrogen and oxygen atoms in total. The van der Waals surface area contributed by atoms with Gasteiger partial charge in [0.1, 0.15) is 17.7 Å². The van der Waals surface area contributed by atoms with Crippen LogP contribution in [0.3, 0.4) is 0 Å². The van der Waals surface area contributed by atoms with Gasteiger partial charge in [-0.1, -0.05) is 0 Å². The fourth-order valence-electron chi connectivity index (χ4n) is 5.14. The van der Waals surface area contributed by atoms with Gasteiger partial charge in [0.15, 0.2) is 5.65 Å². The van der Waals surface area contributed by atoms with Crippen LogP contribution in [0.2, 0.25) is 0 Å². The third-order valence-electron chi connectivity index (χ3n) is 7.38. The van der Waals surface area contributed by atoms with Crippen molar-refractivity contribution in [2.45, 2.75) is 49.6 Å². The molecule has 1 amide bonds. The topological polar surface area (TPSA) is 92.4 Å². The lowest BCUT2D eigenvalue weighted by atomic mass is 9.89. The van der Waals surface area contributed by atoms with E-state index in [0.29, 0.717) is 30.9 Å². The predicted octanol–water partition coefficient (Wildman–Crippen LogP) is 4.49. The molecule has 198 valence electrons. The van der Waals surface area contributed by atoms with E-state index in [2.05, 4.69) is 20.0 Å². The number of pyridine rings is 1. The van der Waals surface area contributed by atoms with E-state index in [1.165, 1.54) is 12.1 Å². The van der Waals surface area contributed by atoms with Gasteiger partial charge in [0.2, 0.25) is 0 Å². The molecule has 2 N–H and O–H groups in total. The minimum atomic E-state index is -4.76. The van der Waals surface area contributed by atoms with Gasteiger partial charge in [-0.25, -0.2) is 9.97 Å². The lowest BCUT2D eigenvalue weighted by Crippen LogP contribution is -2.45. The van der Waals surface area contributed by atoms with Crippen LogP contribution >= 0.6 is 12.4 Å². The van der Waals surface area contributed by atoms with Crippen LogP contribution in [0.5, 0.6) is 5.75 Å². The van der Waals surface area contributed by atoms with Crippen LogP contribution in [0.1, 0.15) is 59.5 Å². The summed E-state index contributed by atoms with van der Waals surface area (Å²) in [7, 11) is 0. The minimum Gasteiger partial charge on any atom is -0.406 e. The molecule has 4 heterocycles. The number of amides is 1. The van der Waals surface area contributed by atoms with Gasteiger partial charge in [0.25, 0.3) is 5.91 Å². The molecule has 2 saturated heterocycles. The van der Waals surface area contributed by atoms with Gasteiger partial charge in [-0.3, -0.25) is 4.79 Å². The Labute approximate surface area is 217 Å². The number of nitrogens with zero attached hydrogens (tertiary/aromatic N) is 3. The summed E-state index contributed by atoms with van der Waals surface area (Å²) in [5.74, 6) is 0.458. The quantitative estimate of drug-likeness (QED) is 0.509. The van der Waals surface area contributed by atoms with Gasteiger partial charge < -0.3 is 24.7 Å². The Kier molecular flexibility index (Phi) is 6.80. The molecule has 2 aromatic heterocycles. The molecule has 0 radical (unpaired) electrons. The van der Waals surface area contributed by atoms with E-state index in [0.717, 1.165) is 61.3 Å². The summed E-state index contributed by atoms with van der Waals surface area (Å²) in [6, 6.07) is 7.05. The number of aromatic nitrogens is 3. The van der Waals surface area contributed by atoms with Gasteiger partial charge >= 0.3 is 6.36 Å². The van der Waals surface area contributed by atoms with E-state index >= 15 is 0 Å². The number of aromatic amines is 1. The maximum Gasteiger partial charge on any atom is 0.573 e. The smallest absolute Gasteiger partial charge is 0.406 e. The molecule has 1 atom stereocenters. The van der Waals surface area contributed by atoms with E-state index in [1.807, 2.05) is 6.07 Å². The molecule has 2 aliphatic heterocycles. The zero-order chi connectivity index (χ0) is 24.9. The number of morpholine rings is 1. The van der Waals surface area contributed by atoms with E-state index in [9.17, 15) is 18.0 Å². The number of piperidine rings is 1. The summed E-state index contributed by atoms with van der Waals surface area (Å²) >= 11 is 0. The Morgan fingerprint density at radius 2 is 1.86 bits per heavy atom. The zero-order valence-electron chi connectivity index (χ0n) is 19.9. The maximum absolute atomic E-state index is 12.9. The maximum atomic E-state index is 12.9. The number of benzene rings is 1. The molecule has 0 bridgehead atoms. The highest BCUT2D eigenvalue weighted by molar-refractivity contribution is 5.94. The molecule has 12 heteroatoms. The fraction of sp³-hybridized carbons (Fsp3) is 0.480. The Morgan fingerprint density at radius 1 is 1.14 bits per heavy atom. The minimum absolute atomic E-state index is 0. The molecule has 3 aromatic rings. The van der Waals surface area contributed by atoms with Gasteiger partial charge in [0, 0.05) is 36.9 Å². The van der Waals surface area contributed by atoms with Crippen molar-refractivity contribution < 1.29 is 27.4 Å². The predicted molar refractivity (Wildman–Crippen MR) is 131 cm³/mol.